The number of likely N-dealkylation sites (tertiary alicyclic amines) is 1. The molecule has 0 saturated carbocycles. The molecule has 1 aromatic carbocycles. The Morgan fingerprint density at radius 3 is 2.53 bits per heavy atom. The highest BCUT2D eigenvalue weighted by atomic mass is 32.1. The number of aldehydes is 1. The van der Waals surface area contributed by atoms with Crippen LogP contribution in [0.5, 0.6) is 0 Å². The highest BCUT2D eigenvalue weighted by Gasteiger charge is 2.33. The van der Waals surface area contributed by atoms with Crippen LogP contribution in [0.4, 0.5) is 18.0 Å². The lowest BCUT2D eigenvalue weighted by molar-refractivity contribution is -0.137. The van der Waals surface area contributed by atoms with Gasteiger partial charge < -0.3 is 9.90 Å². The number of carbonyl (C=O) groups is 2. The first-order valence-electron chi connectivity index (χ1n) is 10.2. The highest BCUT2D eigenvalue weighted by Crippen LogP contribution is 2.32. The number of hydrogen-bond acceptors (Lipinski definition) is 6. The SMILES string of the molecule is CNN(C(=O)O)C(CC=O)C1CCN(Cc2nc(-c3ccc(C(F)(F)F)cc3)cs2)CC1. The van der Waals surface area contributed by atoms with Gasteiger partial charge in [0.1, 0.15) is 11.3 Å². The molecule has 3 rings (SSSR count). The molecule has 0 radical (unpaired) electrons. The van der Waals surface area contributed by atoms with Gasteiger partial charge in [0.25, 0.3) is 0 Å². The predicted octanol–water partition coefficient (Wildman–Crippen LogP) is 4.11. The normalized spacial score (nSPS) is 16.6. The van der Waals surface area contributed by atoms with E-state index in [1.807, 2.05) is 5.38 Å². The van der Waals surface area contributed by atoms with Crippen LogP contribution in [0.2, 0.25) is 0 Å². The Kier molecular flexibility index (Phi) is 7.86. The van der Waals surface area contributed by atoms with E-state index in [9.17, 15) is 27.9 Å². The number of hydrogen-bond donors (Lipinski definition) is 2. The molecule has 2 heterocycles. The largest absolute Gasteiger partial charge is 0.464 e. The van der Waals surface area contributed by atoms with Crippen LogP contribution < -0.4 is 5.43 Å². The molecule has 1 saturated heterocycles. The average molecular weight is 471 g/mol. The number of carboxylic acid groups (broad SMARTS) is 1. The van der Waals surface area contributed by atoms with E-state index in [-0.39, 0.29) is 12.3 Å². The maximum atomic E-state index is 12.7. The van der Waals surface area contributed by atoms with Crippen LogP contribution in [0.3, 0.4) is 0 Å². The van der Waals surface area contributed by atoms with Crippen molar-refractivity contribution in [3.8, 4) is 11.3 Å². The Balaban J connectivity index is 1.58. The third-order valence-electron chi connectivity index (χ3n) is 5.71. The number of halogens is 3. The van der Waals surface area contributed by atoms with Gasteiger partial charge in [-0.25, -0.2) is 20.2 Å². The summed E-state index contributed by atoms with van der Waals surface area (Å²) in [6.07, 6.45) is -3.08. The topological polar surface area (TPSA) is 85.8 Å². The van der Waals surface area contributed by atoms with E-state index in [0.29, 0.717) is 17.8 Å². The maximum absolute atomic E-state index is 12.7. The molecular formula is C21H25F3N4O3S. The Bertz CT molecular complexity index is 912. The molecule has 1 fully saturated rings. The van der Waals surface area contributed by atoms with Crippen molar-refractivity contribution in [2.45, 2.75) is 38.0 Å². The van der Waals surface area contributed by atoms with Crippen molar-refractivity contribution in [1.82, 2.24) is 20.3 Å². The molecule has 2 aromatic rings. The first-order valence-corrected chi connectivity index (χ1v) is 11.1. The molecular weight excluding hydrogens is 445 g/mol. The molecule has 1 aromatic heterocycles. The summed E-state index contributed by atoms with van der Waals surface area (Å²) in [5.41, 5.74) is 3.25. The first kappa shape index (κ1) is 24.1. The minimum Gasteiger partial charge on any atom is -0.464 e. The summed E-state index contributed by atoms with van der Waals surface area (Å²) in [5.74, 6) is 0.0685. The number of nitrogens with zero attached hydrogens (tertiary/aromatic N) is 3. The average Bonchev–Trinajstić information content (AvgIpc) is 3.22. The predicted molar refractivity (Wildman–Crippen MR) is 114 cm³/mol. The number of benzene rings is 1. The van der Waals surface area contributed by atoms with Crippen molar-refractivity contribution in [1.29, 1.82) is 0 Å². The van der Waals surface area contributed by atoms with Crippen molar-refractivity contribution < 1.29 is 27.9 Å². The van der Waals surface area contributed by atoms with Crippen LogP contribution >= 0.6 is 11.3 Å². The smallest absolute Gasteiger partial charge is 0.422 e. The zero-order valence-corrected chi connectivity index (χ0v) is 18.3. The lowest BCUT2D eigenvalue weighted by Crippen LogP contribution is -2.52. The fraction of sp³-hybridized carbons (Fsp3) is 0.476. The van der Waals surface area contributed by atoms with Crippen molar-refractivity contribution >= 4 is 23.7 Å². The zero-order valence-electron chi connectivity index (χ0n) is 17.5. The lowest BCUT2D eigenvalue weighted by Gasteiger charge is -2.38. The molecule has 1 unspecified atom stereocenters. The fourth-order valence-electron chi connectivity index (χ4n) is 4.04. The summed E-state index contributed by atoms with van der Waals surface area (Å²) in [6, 6.07) is 4.55. The standard InChI is InChI=1S/C21H25F3N4O3S/c1-25-28(20(30)31)18(8-11-29)15-6-9-27(10-7-15)12-19-26-17(13-32-19)14-2-4-16(5-3-14)21(22,23)24/h2-5,11,13,15,18,25H,6-10,12H2,1H3,(H,30,31). The molecule has 174 valence electrons. The molecule has 2 N–H and O–H groups in total. The van der Waals surface area contributed by atoms with Crippen molar-refractivity contribution in [3.05, 3.63) is 40.2 Å². The van der Waals surface area contributed by atoms with Gasteiger partial charge in [0, 0.05) is 24.4 Å². The lowest BCUT2D eigenvalue weighted by atomic mass is 9.87. The van der Waals surface area contributed by atoms with E-state index >= 15 is 0 Å². The summed E-state index contributed by atoms with van der Waals surface area (Å²) in [5, 5.41) is 13.2. The van der Waals surface area contributed by atoms with Gasteiger partial charge >= 0.3 is 12.3 Å². The van der Waals surface area contributed by atoms with Crippen LogP contribution in [-0.4, -0.2) is 58.6 Å². The van der Waals surface area contributed by atoms with Gasteiger partial charge in [-0.05, 0) is 44.0 Å². The molecule has 0 bridgehead atoms. The molecule has 0 spiro atoms. The van der Waals surface area contributed by atoms with E-state index in [1.54, 1.807) is 0 Å². The molecule has 7 nitrogen and oxygen atoms in total. The number of amides is 1. The van der Waals surface area contributed by atoms with Crippen molar-refractivity contribution in [2.75, 3.05) is 20.1 Å². The van der Waals surface area contributed by atoms with Crippen LogP contribution in [-0.2, 0) is 17.5 Å². The van der Waals surface area contributed by atoms with Gasteiger partial charge in [0.15, 0.2) is 0 Å². The number of alkyl halides is 3. The second-order valence-electron chi connectivity index (χ2n) is 7.66. The number of carbonyl (C=O) groups excluding carboxylic acids is 1. The van der Waals surface area contributed by atoms with Crippen LogP contribution in [0.25, 0.3) is 11.3 Å². The van der Waals surface area contributed by atoms with Gasteiger partial charge in [-0.3, -0.25) is 4.90 Å². The summed E-state index contributed by atoms with van der Waals surface area (Å²) in [4.78, 5) is 29.3. The van der Waals surface area contributed by atoms with Crippen molar-refractivity contribution in [2.24, 2.45) is 5.92 Å². The zero-order chi connectivity index (χ0) is 23.3. The van der Waals surface area contributed by atoms with E-state index in [0.717, 1.165) is 54.4 Å². The van der Waals surface area contributed by atoms with Gasteiger partial charge in [-0.2, -0.15) is 13.2 Å². The Labute approximate surface area is 187 Å². The Morgan fingerprint density at radius 1 is 1.34 bits per heavy atom. The number of nitrogens with one attached hydrogen (secondary N) is 1. The van der Waals surface area contributed by atoms with Gasteiger partial charge in [-0.15, -0.1) is 11.3 Å². The summed E-state index contributed by atoms with van der Waals surface area (Å²) < 4.78 is 38.2. The summed E-state index contributed by atoms with van der Waals surface area (Å²) in [6.45, 7) is 2.10. The number of piperidine rings is 1. The minimum atomic E-state index is -4.36. The Morgan fingerprint density at radius 2 is 2.00 bits per heavy atom. The van der Waals surface area contributed by atoms with E-state index in [1.165, 1.54) is 30.5 Å². The molecule has 32 heavy (non-hydrogen) atoms. The molecule has 1 aliphatic heterocycles. The Hall–Kier alpha value is -2.50. The van der Waals surface area contributed by atoms with Gasteiger partial charge in [0.05, 0.1) is 23.8 Å². The van der Waals surface area contributed by atoms with Gasteiger partial charge in [-0.1, -0.05) is 12.1 Å². The third kappa shape index (κ3) is 5.84. The minimum absolute atomic E-state index is 0.0685. The van der Waals surface area contributed by atoms with E-state index in [4.69, 9.17) is 0 Å². The molecule has 1 amide bonds. The fourth-order valence-corrected chi connectivity index (χ4v) is 4.89. The summed E-state index contributed by atoms with van der Waals surface area (Å²) >= 11 is 1.46. The first-order chi connectivity index (χ1) is 15.2. The van der Waals surface area contributed by atoms with Crippen molar-refractivity contribution in [3.63, 3.8) is 0 Å². The third-order valence-corrected chi connectivity index (χ3v) is 6.54. The van der Waals surface area contributed by atoms with Crippen LogP contribution in [0.1, 0.15) is 29.8 Å². The molecule has 1 atom stereocenters. The quantitative estimate of drug-likeness (QED) is 0.446. The summed E-state index contributed by atoms with van der Waals surface area (Å²) in [7, 11) is 1.53. The number of hydrazine groups is 1. The maximum Gasteiger partial charge on any atom is 0.422 e. The highest BCUT2D eigenvalue weighted by molar-refractivity contribution is 7.09. The number of thiazole rings is 1. The monoisotopic (exact) mass is 470 g/mol. The van der Waals surface area contributed by atoms with Gasteiger partial charge in [0.2, 0.25) is 0 Å². The molecule has 1 aliphatic rings. The molecule has 0 aliphatic carbocycles. The number of aromatic nitrogens is 1. The number of rotatable bonds is 8. The second-order valence-corrected chi connectivity index (χ2v) is 8.60. The van der Waals surface area contributed by atoms with Crippen LogP contribution in [0, 0.1) is 5.92 Å². The second kappa shape index (κ2) is 10.4. The van der Waals surface area contributed by atoms with E-state index in [2.05, 4.69) is 15.3 Å². The molecule has 11 heteroatoms. The van der Waals surface area contributed by atoms with E-state index < -0.39 is 23.9 Å². The van der Waals surface area contributed by atoms with Crippen LogP contribution in [0.15, 0.2) is 29.6 Å².